The van der Waals surface area contributed by atoms with Crippen LogP contribution >= 0.6 is 0 Å². The highest BCUT2D eigenvalue weighted by atomic mass is 16.5. The maximum atomic E-state index is 13.3. The Labute approximate surface area is 175 Å². The van der Waals surface area contributed by atoms with Crippen molar-refractivity contribution in [3.63, 3.8) is 0 Å². The molecule has 0 spiro atoms. The quantitative estimate of drug-likeness (QED) is 0.733. The van der Waals surface area contributed by atoms with E-state index in [4.69, 9.17) is 4.74 Å². The van der Waals surface area contributed by atoms with Crippen LogP contribution in [0.5, 0.6) is 0 Å². The molecule has 6 heteroatoms. The van der Waals surface area contributed by atoms with E-state index < -0.39 is 6.10 Å². The van der Waals surface area contributed by atoms with E-state index >= 15 is 0 Å². The van der Waals surface area contributed by atoms with Gasteiger partial charge in [-0.2, -0.15) is 0 Å². The second-order valence-corrected chi connectivity index (χ2v) is 10.1. The molecule has 2 N–H and O–H groups in total. The summed E-state index contributed by atoms with van der Waals surface area (Å²) in [5, 5.41) is 14.6. The summed E-state index contributed by atoms with van der Waals surface area (Å²) >= 11 is 0. The first-order valence-electron chi connectivity index (χ1n) is 11.4. The Bertz CT molecular complexity index is 612. The molecule has 0 aromatic carbocycles. The topological polar surface area (TPSA) is 78.9 Å². The molecule has 2 saturated carbocycles. The van der Waals surface area contributed by atoms with Crippen molar-refractivity contribution in [3.05, 3.63) is 0 Å². The van der Waals surface area contributed by atoms with E-state index in [1.165, 1.54) is 0 Å². The number of rotatable bonds is 5. The fraction of sp³-hybridized carbons (Fsp3) is 0.913. The molecule has 3 aliphatic rings. The molecule has 2 amide bonds. The molecule has 1 heterocycles. The van der Waals surface area contributed by atoms with Gasteiger partial charge in [-0.25, -0.2) is 0 Å². The van der Waals surface area contributed by atoms with E-state index in [0.29, 0.717) is 6.61 Å². The smallest absolute Gasteiger partial charge is 0.226 e. The molecule has 0 aromatic rings. The molecular weight excluding hydrogens is 368 g/mol. The summed E-state index contributed by atoms with van der Waals surface area (Å²) in [7, 11) is 1.69. The average molecular weight is 409 g/mol. The van der Waals surface area contributed by atoms with Crippen molar-refractivity contribution in [1.82, 2.24) is 10.2 Å². The van der Waals surface area contributed by atoms with Gasteiger partial charge in [0.2, 0.25) is 11.8 Å². The second kappa shape index (κ2) is 8.93. The molecule has 8 atom stereocenters. The molecule has 0 bridgehead atoms. The van der Waals surface area contributed by atoms with E-state index in [2.05, 4.69) is 19.2 Å². The molecule has 0 unspecified atom stereocenters. The lowest BCUT2D eigenvalue weighted by atomic mass is 9.51. The lowest BCUT2D eigenvalue weighted by Crippen LogP contribution is -2.58. The van der Waals surface area contributed by atoms with E-state index in [0.717, 1.165) is 45.1 Å². The first kappa shape index (κ1) is 22.5. The zero-order valence-corrected chi connectivity index (χ0v) is 18.8. The van der Waals surface area contributed by atoms with Crippen molar-refractivity contribution in [3.8, 4) is 0 Å². The number of nitrogens with zero attached hydrogens (tertiary/aromatic N) is 1. The molecule has 0 radical (unpaired) electrons. The van der Waals surface area contributed by atoms with Crippen molar-refractivity contribution < 1.29 is 19.4 Å². The Morgan fingerprint density at radius 3 is 2.62 bits per heavy atom. The third-order valence-corrected chi connectivity index (χ3v) is 8.33. The van der Waals surface area contributed by atoms with Crippen molar-refractivity contribution in [2.45, 2.75) is 84.4 Å². The molecule has 3 rings (SSSR count). The van der Waals surface area contributed by atoms with Crippen molar-refractivity contribution in [1.29, 1.82) is 0 Å². The number of fused-ring (bicyclic) bond motifs is 1. The SMILES string of the molecule is COC[C@H]1CCCN1C(=O)[C@@H](C)[C@H]1CC[C@@]2(C)CC[C@H](NC(C)=O)[C@@H](C)[C@@H]2[C@H]1O. The van der Waals surface area contributed by atoms with Gasteiger partial charge < -0.3 is 20.1 Å². The number of nitrogens with one attached hydrogen (secondary N) is 1. The molecule has 166 valence electrons. The van der Waals surface area contributed by atoms with Crippen LogP contribution in [0.1, 0.15) is 66.2 Å². The van der Waals surface area contributed by atoms with Gasteiger partial charge in [0, 0.05) is 32.5 Å². The Morgan fingerprint density at radius 1 is 1.28 bits per heavy atom. The summed E-state index contributed by atoms with van der Waals surface area (Å²) < 4.78 is 5.32. The molecule has 0 aromatic heterocycles. The lowest BCUT2D eigenvalue weighted by molar-refractivity contribution is -0.152. The zero-order chi connectivity index (χ0) is 21.3. The fourth-order valence-electron chi connectivity index (χ4n) is 6.69. The van der Waals surface area contributed by atoms with Crippen LogP contribution in [-0.2, 0) is 14.3 Å². The fourth-order valence-corrected chi connectivity index (χ4v) is 6.69. The Kier molecular flexibility index (Phi) is 6.94. The summed E-state index contributed by atoms with van der Waals surface area (Å²) in [6.45, 7) is 9.40. The number of aliphatic hydroxyl groups excluding tert-OH is 1. The van der Waals surface area contributed by atoms with Crippen molar-refractivity contribution in [2.24, 2.45) is 29.1 Å². The van der Waals surface area contributed by atoms with Crippen molar-refractivity contribution in [2.75, 3.05) is 20.3 Å². The summed E-state index contributed by atoms with van der Waals surface area (Å²) in [6, 6.07) is 0.272. The van der Waals surface area contributed by atoms with Crippen LogP contribution < -0.4 is 5.32 Å². The summed E-state index contributed by atoms with van der Waals surface area (Å²) in [6.07, 6.45) is 5.41. The highest BCUT2D eigenvalue weighted by Crippen LogP contribution is 2.55. The number of hydrogen-bond acceptors (Lipinski definition) is 4. The maximum Gasteiger partial charge on any atom is 0.226 e. The van der Waals surface area contributed by atoms with Gasteiger partial charge in [0.25, 0.3) is 0 Å². The minimum atomic E-state index is -0.511. The number of methoxy groups -OCH3 is 1. The van der Waals surface area contributed by atoms with E-state index in [-0.39, 0.29) is 53.0 Å². The summed E-state index contributed by atoms with van der Waals surface area (Å²) in [5.74, 6) is 0.248. The van der Waals surface area contributed by atoms with Crippen LogP contribution in [0.2, 0.25) is 0 Å². The van der Waals surface area contributed by atoms with Gasteiger partial charge in [-0.1, -0.05) is 20.8 Å². The van der Waals surface area contributed by atoms with E-state index in [9.17, 15) is 14.7 Å². The first-order valence-corrected chi connectivity index (χ1v) is 11.4. The molecular formula is C23H40N2O4. The minimum Gasteiger partial charge on any atom is -0.392 e. The van der Waals surface area contributed by atoms with Gasteiger partial charge in [0.15, 0.2) is 0 Å². The van der Waals surface area contributed by atoms with Crippen molar-refractivity contribution >= 4 is 11.8 Å². The Hall–Kier alpha value is -1.14. The van der Waals surface area contributed by atoms with Crippen LogP contribution in [-0.4, -0.2) is 60.3 Å². The molecule has 1 aliphatic heterocycles. The largest absolute Gasteiger partial charge is 0.392 e. The van der Waals surface area contributed by atoms with Crippen LogP contribution in [0.4, 0.5) is 0 Å². The molecule has 2 aliphatic carbocycles. The molecule has 3 fully saturated rings. The number of amides is 2. The predicted octanol–water partition coefficient (Wildman–Crippen LogP) is 2.59. The van der Waals surface area contributed by atoms with E-state index in [1.54, 1.807) is 14.0 Å². The number of carbonyl (C=O) groups excluding carboxylic acids is 2. The monoisotopic (exact) mass is 408 g/mol. The molecule has 6 nitrogen and oxygen atoms in total. The van der Waals surface area contributed by atoms with Gasteiger partial charge in [-0.05, 0) is 61.7 Å². The lowest BCUT2D eigenvalue weighted by Gasteiger charge is -2.56. The number of aliphatic hydroxyl groups is 1. The van der Waals surface area contributed by atoms with Gasteiger partial charge in [-0.15, -0.1) is 0 Å². The number of ether oxygens (including phenoxy) is 1. The summed E-state index contributed by atoms with van der Waals surface area (Å²) in [5.41, 5.74) is 0.0826. The van der Waals surface area contributed by atoms with Gasteiger partial charge in [0.05, 0.1) is 18.8 Å². The maximum absolute atomic E-state index is 13.3. The van der Waals surface area contributed by atoms with E-state index in [1.807, 2.05) is 11.8 Å². The Balaban J connectivity index is 1.74. The van der Waals surface area contributed by atoms with Crippen LogP contribution in [0, 0.1) is 29.1 Å². The van der Waals surface area contributed by atoms with Crippen LogP contribution in [0.3, 0.4) is 0 Å². The van der Waals surface area contributed by atoms with Gasteiger partial charge >= 0.3 is 0 Å². The predicted molar refractivity (Wildman–Crippen MR) is 112 cm³/mol. The van der Waals surface area contributed by atoms with Gasteiger partial charge in [0.1, 0.15) is 0 Å². The average Bonchev–Trinajstić information content (AvgIpc) is 3.11. The third kappa shape index (κ3) is 4.34. The standard InChI is InChI=1S/C23H40N2O4/c1-14(22(28)25-12-6-7-17(25)13-29-5)18-8-10-23(4)11-9-19(24-16(3)26)15(2)20(23)21(18)27/h14-15,17-21,27H,6-13H2,1-5H3,(H,24,26)/t14-,15+,17+,18+,19-,20+,21-,23-/m0/s1. The first-order chi connectivity index (χ1) is 13.7. The highest BCUT2D eigenvalue weighted by molar-refractivity contribution is 5.79. The molecule has 29 heavy (non-hydrogen) atoms. The number of likely N-dealkylation sites (tertiary alicyclic amines) is 1. The van der Waals surface area contributed by atoms with Crippen LogP contribution in [0.15, 0.2) is 0 Å². The zero-order valence-electron chi connectivity index (χ0n) is 18.8. The highest BCUT2D eigenvalue weighted by Gasteiger charge is 2.54. The van der Waals surface area contributed by atoms with Crippen LogP contribution in [0.25, 0.3) is 0 Å². The molecule has 1 saturated heterocycles. The minimum absolute atomic E-state index is 0.00549. The number of carbonyl (C=O) groups is 2. The summed E-state index contributed by atoms with van der Waals surface area (Å²) in [4.78, 5) is 26.9. The number of hydrogen-bond donors (Lipinski definition) is 2. The van der Waals surface area contributed by atoms with Gasteiger partial charge in [-0.3, -0.25) is 9.59 Å². The third-order valence-electron chi connectivity index (χ3n) is 8.33. The normalized spacial score (nSPS) is 41.0. The Morgan fingerprint density at radius 2 is 1.97 bits per heavy atom. The second-order valence-electron chi connectivity index (χ2n) is 10.1.